The van der Waals surface area contributed by atoms with Gasteiger partial charge in [-0.15, -0.1) is 0 Å². The Morgan fingerprint density at radius 2 is 2.26 bits per heavy atom. The highest BCUT2D eigenvalue weighted by atomic mass is 15.3. The van der Waals surface area contributed by atoms with Gasteiger partial charge in [0.25, 0.3) is 0 Å². The molecule has 2 rings (SSSR count). The molecule has 0 aliphatic carbocycles. The highest BCUT2D eigenvalue weighted by Crippen LogP contribution is 2.21. The number of hydrogen-bond acceptors (Lipinski definition) is 3. The van der Waals surface area contributed by atoms with Gasteiger partial charge in [-0.05, 0) is 12.3 Å². The summed E-state index contributed by atoms with van der Waals surface area (Å²) in [6.45, 7) is 10.2. The molecule has 108 valence electrons. The van der Waals surface area contributed by atoms with E-state index in [0.29, 0.717) is 12.1 Å². The van der Waals surface area contributed by atoms with Crippen molar-refractivity contribution < 1.29 is 0 Å². The Labute approximate surface area is 117 Å². The zero-order chi connectivity index (χ0) is 13.8. The lowest BCUT2D eigenvalue weighted by Gasteiger charge is -2.42. The summed E-state index contributed by atoms with van der Waals surface area (Å²) in [5, 5.41) is 7.98. The van der Waals surface area contributed by atoms with Crippen molar-refractivity contribution in [3.63, 3.8) is 0 Å². The van der Waals surface area contributed by atoms with E-state index in [0.717, 1.165) is 25.6 Å². The lowest BCUT2D eigenvalue weighted by Crippen LogP contribution is -2.57. The lowest BCUT2D eigenvalue weighted by molar-refractivity contribution is 0.0832. The van der Waals surface area contributed by atoms with Gasteiger partial charge in [-0.25, -0.2) is 0 Å². The summed E-state index contributed by atoms with van der Waals surface area (Å²) in [7, 11) is 1.99. The second-order valence-corrected chi connectivity index (χ2v) is 5.92. The molecule has 4 nitrogen and oxygen atoms in total. The van der Waals surface area contributed by atoms with Gasteiger partial charge in [-0.3, -0.25) is 9.58 Å². The maximum atomic E-state index is 4.29. The Kier molecular flexibility index (Phi) is 4.99. The number of aryl methyl sites for hydroxylation is 1. The predicted molar refractivity (Wildman–Crippen MR) is 78.9 cm³/mol. The molecule has 1 N–H and O–H groups in total. The van der Waals surface area contributed by atoms with E-state index >= 15 is 0 Å². The van der Waals surface area contributed by atoms with Crippen LogP contribution in [-0.4, -0.2) is 39.9 Å². The van der Waals surface area contributed by atoms with E-state index in [1.165, 1.54) is 18.4 Å². The molecule has 1 saturated heterocycles. The SMILES string of the molecule is CCC1CN(Cc2cnn(C)c2)C(C(C)CC)CN1. The second-order valence-electron chi connectivity index (χ2n) is 5.92. The smallest absolute Gasteiger partial charge is 0.0534 e. The molecule has 0 radical (unpaired) electrons. The summed E-state index contributed by atoms with van der Waals surface area (Å²) >= 11 is 0. The zero-order valence-electron chi connectivity index (χ0n) is 12.8. The summed E-state index contributed by atoms with van der Waals surface area (Å²) in [6.07, 6.45) is 6.58. The number of hydrogen-bond donors (Lipinski definition) is 1. The molecule has 4 heteroatoms. The molecule has 2 heterocycles. The molecule has 0 saturated carbocycles. The molecule has 0 bridgehead atoms. The average Bonchev–Trinajstić information content (AvgIpc) is 2.83. The Bertz CT molecular complexity index is 387. The molecule has 1 fully saturated rings. The van der Waals surface area contributed by atoms with E-state index in [4.69, 9.17) is 0 Å². The Morgan fingerprint density at radius 1 is 1.47 bits per heavy atom. The maximum absolute atomic E-state index is 4.29. The van der Waals surface area contributed by atoms with E-state index in [-0.39, 0.29) is 0 Å². The molecule has 1 aromatic rings. The average molecular weight is 264 g/mol. The summed E-state index contributed by atoms with van der Waals surface area (Å²) in [5.74, 6) is 0.738. The molecule has 1 aromatic heterocycles. The fraction of sp³-hybridized carbons (Fsp3) is 0.800. The third-order valence-electron chi connectivity index (χ3n) is 4.48. The van der Waals surface area contributed by atoms with E-state index in [9.17, 15) is 0 Å². The molecule has 3 atom stereocenters. The van der Waals surface area contributed by atoms with Crippen molar-refractivity contribution in [3.8, 4) is 0 Å². The first-order valence-corrected chi connectivity index (χ1v) is 7.59. The molecule has 0 amide bonds. The van der Waals surface area contributed by atoms with Crippen LogP contribution in [0.4, 0.5) is 0 Å². The van der Waals surface area contributed by atoms with Gasteiger partial charge < -0.3 is 5.32 Å². The molecule has 1 aliphatic rings. The monoisotopic (exact) mass is 264 g/mol. The fourth-order valence-electron chi connectivity index (χ4n) is 2.98. The van der Waals surface area contributed by atoms with Crippen molar-refractivity contribution in [3.05, 3.63) is 18.0 Å². The molecule has 19 heavy (non-hydrogen) atoms. The zero-order valence-corrected chi connectivity index (χ0v) is 12.8. The molecular formula is C15H28N4. The number of nitrogens with one attached hydrogen (secondary N) is 1. The minimum Gasteiger partial charge on any atom is -0.311 e. The minimum absolute atomic E-state index is 0.636. The third-order valence-corrected chi connectivity index (χ3v) is 4.48. The van der Waals surface area contributed by atoms with Crippen molar-refractivity contribution in [1.29, 1.82) is 0 Å². The van der Waals surface area contributed by atoms with Crippen LogP contribution in [0.2, 0.25) is 0 Å². The predicted octanol–water partition coefficient (Wildman–Crippen LogP) is 2.02. The number of nitrogens with zero attached hydrogens (tertiary/aromatic N) is 3. The van der Waals surface area contributed by atoms with Crippen LogP contribution < -0.4 is 5.32 Å². The maximum Gasteiger partial charge on any atom is 0.0534 e. The van der Waals surface area contributed by atoms with Crippen LogP contribution >= 0.6 is 0 Å². The van der Waals surface area contributed by atoms with E-state index in [1.54, 1.807) is 0 Å². The second kappa shape index (κ2) is 6.53. The van der Waals surface area contributed by atoms with E-state index < -0.39 is 0 Å². The van der Waals surface area contributed by atoms with Gasteiger partial charge in [0.2, 0.25) is 0 Å². The van der Waals surface area contributed by atoms with Crippen molar-refractivity contribution in [2.75, 3.05) is 13.1 Å². The number of piperazine rings is 1. The van der Waals surface area contributed by atoms with Gasteiger partial charge in [0, 0.05) is 50.5 Å². The van der Waals surface area contributed by atoms with E-state index in [2.05, 4.69) is 42.3 Å². The molecule has 0 spiro atoms. The Hall–Kier alpha value is -0.870. The highest BCUT2D eigenvalue weighted by Gasteiger charge is 2.30. The minimum atomic E-state index is 0.636. The van der Waals surface area contributed by atoms with Crippen molar-refractivity contribution in [2.45, 2.75) is 52.2 Å². The summed E-state index contributed by atoms with van der Waals surface area (Å²) in [5.41, 5.74) is 1.33. The van der Waals surface area contributed by atoms with Gasteiger partial charge in [0.05, 0.1) is 6.20 Å². The fourth-order valence-corrected chi connectivity index (χ4v) is 2.98. The third kappa shape index (κ3) is 3.57. The molecule has 0 aromatic carbocycles. The summed E-state index contributed by atoms with van der Waals surface area (Å²) in [4.78, 5) is 2.65. The number of rotatable bonds is 5. The van der Waals surface area contributed by atoms with Gasteiger partial charge in [0.15, 0.2) is 0 Å². The van der Waals surface area contributed by atoms with Crippen molar-refractivity contribution in [2.24, 2.45) is 13.0 Å². The van der Waals surface area contributed by atoms with Crippen LogP contribution in [-0.2, 0) is 13.6 Å². The summed E-state index contributed by atoms with van der Waals surface area (Å²) < 4.78 is 1.90. The lowest BCUT2D eigenvalue weighted by atomic mass is 9.93. The van der Waals surface area contributed by atoms with Crippen LogP contribution in [0.1, 0.15) is 39.2 Å². The normalized spacial score (nSPS) is 26.5. The largest absolute Gasteiger partial charge is 0.311 e. The number of aromatic nitrogens is 2. The molecular weight excluding hydrogens is 236 g/mol. The summed E-state index contributed by atoms with van der Waals surface area (Å²) in [6, 6.07) is 1.28. The van der Waals surface area contributed by atoms with Crippen LogP contribution in [0.5, 0.6) is 0 Å². The first-order chi connectivity index (χ1) is 9.13. The van der Waals surface area contributed by atoms with Crippen LogP contribution in [0, 0.1) is 5.92 Å². The van der Waals surface area contributed by atoms with Crippen LogP contribution in [0.15, 0.2) is 12.4 Å². The van der Waals surface area contributed by atoms with Crippen LogP contribution in [0.25, 0.3) is 0 Å². The Morgan fingerprint density at radius 3 is 2.84 bits per heavy atom. The quantitative estimate of drug-likeness (QED) is 0.883. The van der Waals surface area contributed by atoms with Gasteiger partial charge in [-0.1, -0.05) is 27.2 Å². The van der Waals surface area contributed by atoms with E-state index in [1.807, 2.05) is 17.9 Å². The first-order valence-electron chi connectivity index (χ1n) is 7.59. The topological polar surface area (TPSA) is 33.1 Å². The van der Waals surface area contributed by atoms with Crippen molar-refractivity contribution >= 4 is 0 Å². The highest BCUT2D eigenvalue weighted by molar-refractivity contribution is 5.05. The van der Waals surface area contributed by atoms with Gasteiger partial charge in [0.1, 0.15) is 0 Å². The molecule has 3 unspecified atom stereocenters. The first kappa shape index (κ1) is 14.5. The standard InChI is InChI=1S/C15H28N4/c1-5-12(3)15-8-16-14(6-2)11-19(15)10-13-7-17-18(4)9-13/h7,9,12,14-16H,5-6,8,10-11H2,1-4H3. The van der Waals surface area contributed by atoms with Crippen molar-refractivity contribution in [1.82, 2.24) is 20.0 Å². The van der Waals surface area contributed by atoms with Gasteiger partial charge >= 0.3 is 0 Å². The Balaban J connectivity index is 2.06. The molecule has 1 aliphatic heterocycles. The van der Waals surface area contributed by atoms with Crippen LogP contribution in [0.3, 0.4) is 0 Å². The van der Waals surface area contributed by atoms with Gasteiger partial charge in [-0.2, -0.15) is 5.10 Å².